The number of sulfonamides is 1. The minimum absolute atomic E-state index is 0.193. The Hall–Kier alpha value is -2.65. The molecule has 7 nitrogen and oxygen atoms in total. The fourth-order valence-electron chi connectivity index (χ4n) is 3.64. The number of carbonyl (C=O) groups is 1. The third kappa shape index (κ3) is 4.45. The number of primary amides is 1. The van der Waals surface area contributed by atoms with Gasteiger partial charge in [0.25, 0.3) is 0 Å². The fraction of sp³-hybridized carbons (Fsp3) is 0.182. The average molecular weight is 491 g/mol. The smallest absolute Gasteiger partial charge is 0.249 e. The van der Waals surface area contributed by atoms with Gasteiger partial charge in [-0.25, -0.2) is 13.4 Å². The van der Waals surface area contributed by atoms with Crippen LogP contribution in [0.1, 0.15) is 10.4 Å². The second-order valence-electron chi connectivity index (χ2n) is 7.28. The Labute approximate surface area is 196 Å². The Morgan fingerprint density at radius 3 is 2.22 bits per heavy atom. The third-order valence-corrected chi connectivity index (χ3v) is 7.98. The minimum atomic E-state index is -3.66. The lowest BCUT2D eigenvalue weighted by molar-refractivity contribution is 0.100. The Kier molecular flexibility index (Phi) is 6.39. The minimum Gasteiger partial charge on any atom is -0.366 e. The second kappa shape index (κ2) is 9.07. The molecule has 0 bridgehead atoms. The molecule has 1 aliphatic heterocycles. The van der Waals surface area contributed by atoms with E-state index in [2.05, 4.69) is 4.98 Å². The van der Waals surface area contributed by atoms with Crippen LogP contribution in [0.3, 0.4) is 0 Å². The molecule has 0 atom stereocenters. The van der Waals surface area contributed by atoms with Crippen LogP contribution in [0.5, 0.6) is 0 Å². The highest BCUT2D eigenvalue weighted by atomic mass is 35.5. The highest BCUT2D eigenvalue weighted by Gasteiger charge is 2.29. The van der Waals surface area contributed by atoms with E-state index in [1.54, 1.807) is 54.6 Å². The van der Waals surface area contributed by atoms with Crippen molar-refractivity contribution in [3.8, 4) is 11.1 Å². The zero-order valence-electron chi connectivity index (χ0n) is 16.9. The van der Waals surface area contributed by atoms with E-state index in [1.807, 2.05) is 4.90 Å². The molecule has 3 aromatic rings. The number of anilines is 1. The van der Waals surface area contributed by atoms with Crippen molar-refractivity contribution in [1.29, 1.82) is 0 Å². The number of aromatic nitrogens is 1. The first kappa shape index (κ1) is 22.5. The Balaban J connectivity index is 1.50. The predicted octanol–water partition coefficient (Wildman–Crippen LogP) is 3.67. The van der Waals surface area contributed by atoms with Gasteiger partial charge in [0.1, 0.15) is 5.82 Å². The van der Waals surface area contributed by atoms with Crippen LogP contribution in [0.4, 0.5) is 5.82 Å². The summed E-state index contributed by atoms with van der Waals surface area (Å²) in [5.74, 6) is 0.126. The maximum atomic E-state index is 13.1. The number of rotatable bonds is 5. The summed E-state index contributed by atoms with van der Waals surface area (Å²) in [5, 5.41) is 0.781. The zero-order chi connectivity index (χ0) is 22.9. The first-order chi connectivity index (χ1) is 15.3. The lowest BCUT2D eigenvalue weighted by Gasteiger charge is -2.34. The van der Waals surface area contributed by atoms with E-state index in [0.29, 0.717) is 58.7 Å². The quantitative estimate of drug-likeness (QED) is 0.588. The standard InChI is InChI=1S/C22H20Cl2N4O3S/c23-19-13-21(26-14-20(19)24)27-9-11-28(12-10-27)32(30,31)16-7-5-15(6-8-16)17-3-1-2-4-18(17)22(25)29/h1-8,13-14H,9-12H2,(H2,25,29). The number of hydrogen-bond donors (Lipinski definition) is 1. The molecule has 0 radical (unpaired) electrons. The molecule has 32 heavy (non-hydrogen) atoms. The molecule has 2 N–H and O–H groups in total. The van der Waals surface area contributed by atoms with Gasteiger partial charge in [-0.2, -0.15) is 4.31 Å². The van der Waals surface area contributed by atoms with Gasteiger partial charge in [-0.3, -0.25) is 4.79 Å². The van der Waals surface area contributed by atoms with Crippen LogP contribution in [0, 0.1) is 0 Å². The normalized spacial score (nSPS) is 15.0. The van der Waals surface area contributed by atoms with Crippen molar-refractivity contribution in [3.63, 3.8) is 0 Å². The van der Waals surface area contributed by atoms with Crippen molar-refractivity contribution < 1.29 is 13.2 Å². The number of amides is 1. The van der Waals surface area contributed by atoms with Crippen LogP contribution in [0.2, 0.25) is 10.0 Å². The fourth-order valence-corrected chi connectivity index (χ4v) is 5.31. The van der Waals surface area contributed by atoms with Gasteiger partial charge in [-0.15, -0.1) is 0 Å². The van der Waals surface area contributed by atoms with Gasteiger partial charge in [-0.05, 0) is 29.3 Å². The summed E-state index contributed by atoms with van der Waals surface area (Å²) in [4.78, 5) is 18.1. The van der Waals surface area contributed by atoms with E-state index in [9.17, 15) is 13.2 Å². The molecule has 1 saturated heterocycles. The SMILES string of the molecule is NC(=O)c1ccccc1-c1ccc(S(=O)(=O)N2CCN(c3cc(Cl)c(Cl)cn3)CC2)cc1. The molecule has 166 valence electrons. The van der Waals surface area contributed by atoms with Gasteiger partial charge in [0.05, 0.1) is 14.9 Å². The molecule has 4 rings (SSSR count). The maximum Gasteiger partial charge on any atom is 0.249 e. The zero-order valence-corrected chi connectivity index (χ0v) is 19.2. The van der Waals surface area contributed by atoms with E-state index < -0.39 is 15.9 Å². The summed E-state index contributed by atoms with van der Waals surface area (Å²) in [6.45, 7) is 1.59. The van der Waals surface area contributed by atoms with Crippen molar-refractivity contribution in [2.45, 2.75) is 4.90 Å². The predicted molar refractivity (Wildman–Crippen MR) is 126 cm³/mol. The van der Waals surface area contributed by atoms with Crippen LogP contribution in [0.25, 0.3) is 11.1 Å². The Morgan fingerprint density at radius 1 is 0.938 bits per heavy atom. The number of halogens is 2. The van der Waals surface area contributed by atoms with Gasteiger partial charge in [0.15, 0.2) is 0 Å². The van der Waals surface area contributed by atoms with Crippen molar-refractivity contribution in [2.24, 2.45) is 5.73 Å². The number of benzene rings is 2. The molecule has 2 heterocycles. The van der Waals surface area contributed by atoms with Crippen LogP contribution in [0.15, 0.2) is 65.7 Å². The first-order valence-electron chi connectivity index (χ1n) is 9.83. The summed E-state index contributed by atoms with van der Waals surface area (Å²) < 4.78 is 27.7. The molecule has 1 fully saturated rings. The van der Waals surface area contributed by atoms with Crippen LogP contribution in [-0.4, -0.2) is 49.8 Å². The lowest BCUT2D eigenvalue weighted by Crippen LogP contribution is -2.48. The van der Waals surface area contributed by atoms with Gasteiger partial charge in [0.2, 0.25) is 15.9 Å². The summed E-state index contributed by atoms with van der Waals surface area (Å²) in [7, 11) is -3.66. The van der Waals surface area contributed by atoms with E-state index in [-0.39, 0.29) is 4.90 Å². The molecule has 10 heteroatoms. The van der Waals surface area contributed by atoms with Crippen molar-refractivity contribution >= 4 is 45.0 Å². The maximum absolute atomic E-state index is 13.1. The summed E-state index contributed by atoms with van der Waals surface area (Å²) in [6.07, 6.45) is 1.49. The van der Waals surface area contributed by atoms with Crippen LogP contribution < -0.4 is 10.6 Å². The highest BCUT2D eigenvalue weighted by molar-refractivity contribution is 7.89. The number of hydrogen-bond acceptors (Lipinski definition) is 5. The molecule has 0 unspecified atom stereocenters. The Bertz CT molecular complexity index is 1260. The van der Waals surface area contributed by atoms with Crippen molar-refractivity contribution in [2.75, 3.05) is 31.1 Å². The summed E-state index contributed by atoms with van der Waals surface area (Å²) >= 11 is 12.0. The molecular formula is C22H20Cl2N4O3S. The number of pyridine rings is 1. The molecule has 1 aliphatic rings. The van der Waals surface area contributed by atoms with Gasteiger partial charge < -0.3 is 10.6 Å². The average Bonchev–Trinajstić information content (AvgIpc) is 2.81. The monoisotopic (exact) mass is 490 g/mol. The van der Waals surface area contributed by atoms with E-state index >= 15 is 0 Å². The Morgan fingerprint density at radius 2 is 1.59 bits per heavy atom. The first-order valence-corrected chi connectivity index (χ1v) is 12.0. The molecular weight excluding hydrogens is 471 g/mol. The van der Waals surface area contributed by atoms with E-state index in [4.69, 9.17) is 28.9 Å². The van der Waals surface area contributed by atoms with Crippen molar-refractivity contribution in [3.05, 3.63) is 76.4 Å². The van der Waals surface area contributed by atoms with Crippen molar-refractivity contribution in [1.82, 2.24) is 9.29 Å². The molecule has 0 saturated carbocycles. The van der Waals surface area contributed by atoms with Gasteiger partial charge >= 0.3 is 0 Å². The highest BCUT2D eigenvalue weighted by Crippen LogP contribution is 2.28. The second-order valence-corrected chi connectivity index (χ2v) is 10.0. The number of nitrogens with zero attached hydrogens (tertiary/aromatic N) is 3. The van der Waals surface area contributed by atoms with E-state index in [0.717, 1.165) is 0 Å². The number of nitrogens with two attached hydrogens (primary N) is 1. The summed E-state index contributed by atoms with van der Waals surface area (Å²) in [5.41, 5.74) is 7.21. The van der Waals surface area contributed by atoms with Crippen LogP contribution >= 0.6 is 23.2 Å². The van der Waals surface area contributed by atoms with Gasteiger partial charge in [-0.1, -0.05) is 53.5 Å². The number of carbonyl (C=O) groups excluding carboxylic acids is 1. The lowest BCUT2D eigenvalue weighted by atomic mass is 9.99. The van der Waals surface area contributed by atoms with E-state index in [1.165, 1.54) is 10.5 Å². The molecule has 1 aromatic heterocycles. The molecule has 0 aliphatic carbocycles. The third-order valence-electron chi connectivity index (χ3n) is 5.35. The topological polar surface area (TPSA) is 96.6 Å². The molecule has 0 spiro atoms. The largest absolute Gasteiger partial charge is 0.366 e. The molecule has 2 aromatic carbocycles. The summed E-state index contributed by atoms with van der Waals surface area (Å²) in [6, 6.07) is 15.1. The van der Waals surface area contributed by atoms with Crippen LogP contribution in [-0.2, 0) is 10.0 Å². The van der Waals surface area contributed by atoms with Gasteiger partial charge in [0, 0.05) is 44.0 Å². The number of piperazine rings is 1. The molecule has 1 amide bonds.